The Balaban J connectivity index is 2.02. The minimum atomic E-state index is -0.292. The van der Waals surface area contributed by atoms with Crippen LogP contribution in [-0.2, 0) is 23.9 Å². The van der Waals surface area contributed by atoms with E-state index in [0.29, 0.717) is 17.7 Å². The van der Waals surface area contributed by atoms with Crippen molar-refractivity contribution in [2.45, 2.75) is 72.4 Å². The number of ketones is 1. The van der Waals surface area contributed by atoms with Gasteiger partial charge in [-0.1, -0.05) is 71.9 Å². The van der Waals surface area contributed by atoms with Crippen molar-refractivity contribution in [3.05, 3.63) is 82.2 Å². The molecule has 0 aliphatic heterocycles. The Hall–Kier alpha value is -2.60. The first kappa shape index (κ1) is 25.0. The molecule has 0 aliphatic carbocycles. The zero-order chi connectivity index (χ0) is 24.6. The number of rotatable bonds is 5. The van der Waals surface area contributed by atoms with Crippen molar-refractivity contribution in [1.29, 1.82) is 0 Å². The molecule has 33 heavy (non-hydrogen) atoms. The van der Waals surface area contributed by atoms with E-state index in [1.165, 1.54) is 0 Å². The lowest BCUT2D eigenvalue weighted by molar-refractivity contribution is 0.0970. The topological polar surface area (TPSA) is 59.5 Å². The molecule has 1 aromatic heterocycles. The third-order valence-corrected chi connectivity index (χ3v) is 6.20. The van der Waals surface area contributed by atoms with Crippen molar-refractivity contribution < 1.29 is 9.90 Å². The maximum Gasteiger partial charge on any atom is 0.217 e. The summed E-state index contributed by atoms with van der Waals surface area (Å²) in [5.41, 5.74) is 4.44. The summed E-state index contributed by atoms with van der Waals surface area (Å²) in [6.45, 7) is 15.1. The zero-order valence-corrected chi connectivity index (χ0v) is 22.2. The molecule has 5 nitrogen and oxygen atoms in total. The lowest BCUT2D eigenvalue weighted by Crippen LogP contribution is -2.29. The first-order chi connectivity index (χ1) is 15.3. The summed E-state index contributed by atoms with van der Waals surface area (Å²) in [5, 5.41) is 11.0. The van der Waals surface area contributed by atoms with Crippen molar-refractivity contribution in [3.63, 3.8) is 0 Å². The van der Waals surface area contributed by atoms with Crippen molar-refractivity contribution >= 4 is 21.9 Å². The molecule has 1 N–H and O–H groups in total. The molecule has 176 valence electrons. The predicted octanol–water partition coefficient (Wildman–Crippen LogP) is 6.04. The van der Waals surface area contributed by atoms with Gasteiger partial charge >= 0.3 is 0 Å². The Labute approximate surface area is 205 Å². The molecule has 0 bridgehead atoms. The average molecular weight is 512 g/mol. The van der Waals surface area contributed by atoms with E-state index in [0.717, 1.165) is 22.4 Å². The van der Waals surface area contributed by atoms with Gasteiger partial charge in [-0.2, -0.15) is 4.02 Å². The van der Waals surface area contributed by atoms with Gasteiger partial charge in [0.2, 0.25) is 5.62 Å². The first-order valence-corrected chi connectivity index (χ1v) is 11.9. The number of imidazole rings is 1. The molecule has 6 heteroatoms. The standard InChI is InChI=1S/C27H34BrN3O2/c1-18-15-30(25(29-28)31(18)16-19-11-9-8-10-12-19)17-23(32)20-13-21(26(2,3)4)24(33)22(14-20)27(5,6)7/h8-15,33H,16-17H2,1-7H3/b29-25+. The van der Waals surface area contributed by atoms with Crippen LogP contribution in [0.2, 0.25) is 0 Å². The molecule has 0 atom stereocenters. The number of phenolic OH excluding ortho intramolecular Hbond substituents is 1. The number of aromatic nitrogens is 2. The number of carbonyl (C=O) groups excluding carboxylic acids is 1. The van der Waals surface area contributed by atoms with E-state index < -0.39 is 0 Å². The van der Waals surface area contributed by atoms with Crippen molar-refractivity contribution in [2.75, 3.05) is 0 Å². The Morgan fingerprint density at radius 3 is 2.03 bits per heavy atom. The van der Waals surface area contributed by atoms with E-state index in [-0.39, 0.29) is 28.9 Å². The van der Waals surface area contributed by atoms with Crippen molar-refractivity contribution in [1.82, 2.24) is 9.13 Å². The SMILES string of the molecule is Cc1cn(CC(=O)c2cc(C(C)(C)C)c(O)c(C(C)(C)C)c2)/c(=N\Br)n1Cc1ccccc1. The van der Waals surface area contributed by atoms with E-state index in [9.17, 15) is 9.90 Å². The number of Topliss-reactive ketones (excluding diaryl/α,β-unsaturated/α-hetero) is 1. The van der Waals surface area contributed by atoms with Crippen LogP contribution in [0.25, 0.3) is 0 Å². The molecule has 0 amide bonds. The Morgan fingerprint density at radius 1 is 1.00 bits per heavy atom. The van der Waals surface area contributed by atoms with Gasteiger partial charge in [0, 0.05) is 28.6 Å². The Bertz CT molecular complexity index is 1190. The molecule has 0 saturated carbocycles. The molecule has 3 aromatic rings. The van der Waals surface area contributed by atoms with Gasteiger partial charge in [-0.3, -0.25) is 4.79 Å². The van der Waals surface area contributed by atoms with E-state index in [4.69, 9.17) is 0 Å². The van der Waals surface area contributed by atoms with Gasteiger partial charge in [-0.05, 0) is 35.4 Å². The van der Waals surface area contributed by atoms with Gasteiger partial charge in [-0.15, -0.1) is 0 Å². The third kappa shape index (κ3) is 5.49. The number of nitrogens with zero attached hydrogens (tertiary/aromatic N) is 3. The van der Waals surface area contributed by atoms with Crippen LogP contribution < -0.4 is 5.62 Å². The Kier molecular flexibility index (Phi) is 7.08. The zero-order valence-electron chi connectivity index (χ0n) is 20.6. The summed E-state index contributed by atoms with van der Waals surface area (Å²) in [5.74, 6) is 0.255. The van der Waals surface area contributed by atoms with E-state index in [2.05, 4.69) is 36.9 Å². The molecule has 0 fully saturated rings. The molecule has 0 spiro atoms. The number of aryl methyl sites for hydroxylation is 1. The number of halogens is 1. The van der Waals surface area contributed by atoms with E-state index >= 15 is 0 Å². The molecular weight excluding hydrogens is 478 g/mol. The van der Waals surface area contributed by atoms with Crippen molar-refractivity contribution in [3.8, 4) is 5.75 Å². The fraction of sp³-hybridized carbons (Fsp3) is 0.407. The molecular formula is C27H34BrN3O2. The number of benzene rings is 2. The van der Waals surface area contributed by atoms with E-state index in [1.807, 2.05) is 89.6 Å². The second-order valence-electron chi connectivity index (χ2n) is 10.7. The molecule has 0 unspecified atom stereocenters. The minimum Gasteiger partial charge on any atom is -0.507 e. The van der Waals surface area contributed by atoms with Crippen LogP contribution in [0.3, 0.4) is 0 Å². The van der Waals surface area contributed by atoms with E-state index in [1.54, 1.807) is 0 Å². The number of carbonyl (C=O) groups is 1. The van der Waals surface area contributed by atoms with Crippen LogP contribution in [0.4, 0.5) is 0 Å². The smallest absolute Gasteiger partial charge is 0.217 e. The third-order valence-electron chi connectivity index (χ3n) is 5.89. The first-order valence-electron chi connectivity index (χ1n) is 11.2. The van der Waals surface area contributed by atoms with Crippen LogP contribution in [0.15, 0.2) is 52.7 Å². The van der Waals surface area contributed by atoms with Crippen LogP contribution in [0.1, 0.15) is 74.3 Å². The molecule has 0 aliphatic rings. The number of hydrogen-bond donors (Lipinski definition) is 1. The minimum absolute atomic E-state index is 0.0229. The highest BCUT2D eigenvalue weighted by Crippen LogP contribution is 2.39. The molecule has 1 heterocycles. The second kappa shape index (κ2) is 9.34. The maximum absolute atomic E-state index is 13.5. The highest BCUT2D eigenvalue weighted by atomic mass is 79.9. The summed E-state index contributed by atoms with van der Waals surface area (Å²) in [7, 11) is 0. The number of hydrogen-bond acceptors (Lipinski definition) is 3. The summed E-state index contributed by atoms with van der Waals surface area (Å²) in [6.07, 6.45) is 1.96. The lowest BCUT2D eigenvalue weighted by Gasteiger charge is -2.28. The second-order valence-corrected chi connectivity index (χ2v) is 11.1. The van der Waals surface area contributed by atoms with Crippen LogP contribution in [0.5, 0.6) is 5.75 Å². The van der Waals surface area contributed by atoms with Crippen LogP contribution >= 0.6 is 16.1 Å². The lowest BCUT2D eigenvalue weighted by atomic mass is 9.78. The van der Waals surface area contributed by atoms with Crippen LogP contribution in [0, 0.1) is 6.92 Å². The van der Waals surface area contributed by atoms with Gasteiger partial charge in [0.25, 0.3) is 0 Å². The predicted molar refractivity (Wildman–Crippen MR) is 137 cm³/mol. The van der Waals surface area contributed by atoms with Gasteiger partial charge < -0.3 is 14.2 Å². The number of aromatic hydroxyl groups is 1. The van der Waals surface area contributed by atoms with Gasteiger partial charge in [-0.25, -0.2) is 0 Å². The van der Waals surface area contributed by atoms with Gasteiger partial charge in [0.15, 0.2) is 5.78 Å². The summed E-state index contributed by atoms with van der Waals surface area (Å²) in [6, 6.07) is 13.9. The highest BCUT2D eigenvalue weighted by Gasteiger charge is 2.28. The van der Waals surface area contributed by atoms with Gasteiger partial charge in [0.05, 0.1) is 29.2 Å². The maximum atomic E-state index is 13.5. The summed E-state index contributed by atoms with van der Waals surface area (Å²) >= 11 is 3.26. The van der Waals surface area contributed by atoms with Gasteiger partial charge in [0.1, 0.15) is 5.75 Å². The highest BCUT2D eigenvalue weighted by molar-refractivity contribution is 9.08. The monoisotopic (exact) mass is 511 g/mol. The fourth-order valence-electron chi connectivity index (χ4n) is 4.02. The molecule has 0 saturated heterocycles. The average Bonchev–Trinajstić information content (AvgIpc) is 3.01. The summed E-state index contributed by atoms with van der Waals surface area (Å²) in [4.78, 5) is 13.5. The van der Waals surface area contributed by atoms with Crippen LogP contribution in [-0.4, -0.2) is 20.0 Å². The largest absolute Gasteiger partial charge is 0.507 e. The molecule has 3 rings (SSSR count). The fourth-order valence-corrected chi connectivity index (χ4v) is 4.42. The summed E-state index contributed by atoms with van der Waals surface area (Å²) < 4.78 is 8.26. The molecule has 0 radical (unpaired) electrons. The normalized spacial score (nSPS) is 12.9. The quantitative estimate of drug-likeness (QED) is 0.424. The van der Waals surface area contributed by atoms with Crippen molar-refractivity contribution in [2.24, 2.45) is 4.02 Å². The Morgan fingerprint density at radius 2 is 1.55 bits per heavy atom. The number of phenols is 1. The molecule has 2 aromatic carbocycles.